The first-order valence-electron chi connectivity index (χ1n) is 5.63. The Morgan fingerprint density at radius 1 is 1.29 bits per heavy atom. The van der Waals surface area contributed by atoms with Crippen LogP contribution >= 0.6 is 0 Å². The van der Waals surface area contributed by atoms with Crippen LogP contribution in [0.15, 0.2) is 24.3 Å². The number of hydrogen-bond acceptors (Lipinski definition) is 3. The van der Waals surface area contributed by atoms with Crippen LogP contribution in [0.25, 0.3) is 0 Å². The van der Waals surface area contributed by atoms with Crippen LogP contribution in [-0.4, -0.2) is 30.4 Å². The Morgan fingerprint density at radius 2 is 1.94 bits per heavy atom. The Kier molecular flexibility index (Phi) is 5.49. The van der Waals surface area contributed by atoms with Crippen molar-refractivity contribution >= 4 is 5.97 Å². The van der Waals surface area contributed by atoms with E-state index in [0.29, 0.717) is 13.0 Å². The van der Waals surface area contributed by atoms with Gasteiger partial charge in [0.05, 0.1) is 12.7 Å². The Morgan fingerprint density at radius 3 is 2.47 bits per heavy atom. The van der Waals surface area contributed by atoms with Crippen molar-refractivity contribution in [2.75, 3.05) is 13.2 Å². The molecule has 0 aliphatic heterocycles. The maximum Gasteiger partial charge on any atom is 0.329 e. The highest BCUT2D eigenvalue weighted by atomic mass is 16.5. The number of benzene rings is 1. The van der Waals surface area contributed by atoms with Crippen LogP contribution in [-0.2, 0) is 16.0 Å². The summed E-state index contributed by atoms with van der Waals surface area (Å²) in [6.07, 6.45) is 0.870. The molecule has 1 aromatic rings. The summed E-state index contributed by atoms with van der Waals surface area (Å²) in [4.78, 5) is 10.2. The molecule has 4 nitrogen and oxygen atoms in total. The molecule has 0 atom stereocenters. The van der Waals surface area contributed by atoms with Crippen LogP contribution in [0.2, 0.25) is 0 Å². The quantitative estimate of drug-likeness (QED) is 0.739. The van der Waals surface area contributed by atoms with Gasteiger partial charge in [0.15, 0.2) is 0 Å². The van der Waals surface area contributed by atoms with E-state index in [9.17, 15) is 4.79 Å². The zero-order chi connectivity index (χ0) is 12.7. The summed E-state index contributed by atoms with van der Waals surface area (Å²) in [6.45, 7) is 4.13. The molecule has 1 rings (SSSR count). The Labute approximate surface area is 101 Å². The zero-order valence-electron chi connectivity index (χ0n) is 10.2. The van der Waals surface area contributed by atoms with Crippen LogP contribution in [0.1, 0.15) is 19.4 Å². The van der Waals surface area contributed by atoms with E-state index in [0.717, 1.165) is 11.3 Å². The topological polar surface area (TPSA) is 55.8 Å². The molecule has 1 N–H and O–H groups in total. The number of rotatable bonds is 7. The molecule has 0 saturated carbocycles. The minimum atomic E-state index is -0.939. The van der Waals surface area contributed by atoms with Gasteiger partial charge < -0.3 is 14.6 Å². The van der Waals surface area contributed by atoms with E-state index in [1.54, 1.807) is 0 Å². The van der Waals surface area contributed by atoms with Gasteiger partial charge in [-0.05, 0) is 38.0 Å². The Hall–Kier alpha value is -1.55. The van der Waals surface area contributed by atoms with E-state index in [4.69, 9.17) is 14.6 Å². The van der Waals surface area contributed by atoms with E-state index >= 15 is 0 Å². The van der Waals surface area contributed by atoms with Gasteiger partial charge >= 0.3 is 5.97 Å². The van der Waals surface area contributed by atoms with Crippen molar-refractivity contribution in [1.29, 1.82) is 0 Å². The van der Waals surface area contributed by atoms with Crippen molar-refractivity contribution in [3.8, 4) is 5.75 Å². The Bertz CT molecular complexity index is 343. The summed E-state index contributed by atoms with van der Waals surface area (Å²) < 4.78 is 10.5. The normalized spacial score (nSPS) is 10.5. The summed E-state index contributed by atoms with van der Waals surface area (Å²) in [7, 11) is 0. The molecule has 0 bridgehead atoms. The second-order valence-electron chi connectivity index (χ2n) is 4.01. The van der Waals surface area contributed by atoms with E-state index in [1.165, 1.54) is 0 Å². The molecule has 17 heavy (non-hydrogen) atoms. The second-order valence-corrected chi connectivity index (χ2v) is 4.01. The number of ether oxygens (including phenoxy) is 2. The highest BCUT2D eigenvalue weighted by molar-refractivity contribution is 5.67. The van der Waals surface area contributed by atoms with Crippen molar-refractivity contribution < 1.29 is 19.4 Å². The lowest BCUT2D eigenvalue weighted by Gasteiger charge is -2.10. The minimum Gasteiger partial charge on any atom is -0.491 e. The fourth-order valence-electron chi connectivity index (χ4n) is 1.36. The molecule has 1 aromatic carbocycles. The van der Waals surface area contributed by atoms with E-state index in [-0.39, 0.29) is 12.7 Å². The van der Waals surface area contributed by atoms with Crippen LogP contribution in [0.3, 0.4) is 0 Å². The fraction of sp³-hybridized carbons (Fsp3) is 0.462. The molecule has 0 unspecified atom stereocenters. The summed E-state index contributed by atoms with van der Waals surface area (Å²) in [6, 6.07) is 7.74. The first-order valence-corrected chi connectivity index (χ1v) is 5.63. The largest absolute Gasteiger partial charge is 0.491 e. The summed E-state index contributed by atoms with van der Waals surface area (Å²) in [5, 5.41) is 8.39. The number of aliphatic carboxylic acids is 1. The molecule has 0 aliphatic carbocycles. The molecular weight excluding hydrogens is 220 g/mol. The van der Waals surface area contributed by atoms with E-state index in [2.05, 4.69) is 0 Å². The van der Waals surface area contributed by atoms with Gasteiger partial charge in [0, 0.05) is 0 Å². The van der Waals surface area contributed by atoms with Crippen molar-refractivity contribution in [3.05, 3.63) is 29.8 Å². The molecular formula is C13H18O4. The van der Waals surface area contributed by atoms with E-state index in [1.807, 2.05) is 38.1 Å². The van der Waals surface area contributed by atoms with Crippen LogP contribution < -0.4 is 4.74 Å². The molecule has 0 fully saturated rings. The van der Waals surface area contributed by atoms with Gasteiger partial charge in [0.2, 0.25) is 0 Å². The molecule has 0 amide bonds. The van der Waals surface area contributed by atoms with Gasteiger partial charge in [-0.3, -0.25) is 0 Å². The molecule has 0 heterocycles. The van der Waals surface area contributed by atoms with Gasteiger partial charge in [-0.1, -0.05) is 12.1 Å². The lowest BCUT2D eigenvalue weighted by molar-refractivity contribution is -0.142. The van der Waals surface area contributed by atoms with Crippen LogP contribution in [0, 0.1) is 0 Å². The van der Waals surface area contributed by atoms with Gasteiger partial charge in [-0.25, -0.2) is 4.79 Å². The average molecular weight is 238 g/mol. The summed E-state index contributed by atoms with van der Waals surface area (Å²) in [5.41, 5.74) is 1.10. The SMILES string of the molecule is CC(C)Oc1ccc(CCOCC(=O)O)cc1. The molecule has 94 valence electrons. The smallest absolute Gasteiger partial charge is 0.329 e. The lowest BCUT2D eigenvalue weighted by Crippen LogP contribution is -2.09. The molecule has 0 radical (unpaired) electrons. The third-order valence-electron chi connectivity index (χ3n) is 2.06. The summed E-state index contributed by atoms with van der Waals surface area (Å²) in [5.74, 6) is -0.0964. The van der Waals surface area contributed by atoms with Crippen LogP contribution in [0.5, 0.6) is 5.75 Å². The molecule has 0 aliphatic rings. The predicted molar refractivity (Wildman–Crippen MR) is 64.4 cm³/mol. The van der Waals surface area contributed by atoms with Crippen molar-refractivity contribution in [2.45, 2.75) is 26.4 Å². The van der Waals surface area contributed by atoms with Gasteiger partial charge in [-0.2, -0.15) is 0 Å². The lowest BCUT2D eigenvalue weighted by atomic mass is 10.1. The van der Waals surface area contributed by atoms with Crippen molar-refractivity contribution in [3.63, 3.8) is 0 Å². The van der Waals surface area contributed by atoms with Crippen molar-refractivity contribution in [1.82, 2.24) is 0 Å². The maximum absolute atomic E-state index is 10.2. The number of carbonyl (C=O) groups is 1. The second kappa shape index (κ2) is 6.91. The monoisotopic (exact) mass is 238 g/mol. The molecule has 0 aromatic heterocycles. The highest BCUT2D eigenvalue weighted by Crippen LogP contribution is 2.14. The fourth-order valence-corrected chi connectivity index (χ4v) is 1.36. The van der Waals surface area contributed by atoms with Gasteiger partial charge in [-0.15, -0.1) is 0 Å². The number of carboxylic acids is 1. The first-order chi connectivity index (χ1) is 8.08. The highest BCUT2D eigenvalue weighted by Gasteiger charge is 1.99. The standard InChI is InChI=1S/C13H18O4/c1-10(2)17-12-5-3-11(4-6-12)7-8-16-9-13(14)15/h3-6,10H,7-9H2,1-2H3,(H,14,15). The molecule has 4 heteroatoms. The van der Waals surface area contributed by atoms with E-state index < -0.39 is 5.97 Å². The van der Waals surface area contributed by atoms with Crippen molar-refractivity contribution in [2.24, 2.45) is 0 Å². The summed E-state index contributed by atoms with van der Waals surface area (Å²) >= 11 is 0. The third-order valence-corrected chi connectivity index (χ3v) is 2.06. The number of carboxylic acid groups (broad SMARTS) is 1. The Balaban J connectivity index is 2.32. The van der Waals surface area contributed by atoms with Gasteiger partial charge in [0.25, 0.3) is 0 Å². The molecule has 0 saturated heterocycles. The average Bonchev–Trinajstić information content (AvgIpc) is 2.25. The first kappa shape index (κ1) is 13.5. The minimum absolute atomic E-state index is 0.166. The zero-order valence-corrected chi connectivity index (χ0v) is 10.2. The van der Waals surface area contributed by atoms with Crippen LogP contribution in [0.4, 0.5) is 0 Å². The maximum atomic E-state index is 10.2. The molecule has 0 spiro atoms. The van der Waals surface area contributed by atoms with Gasteiger partial charge in [0.1, 0.15) is 12.4 Å². The third kappa shape index (κ3) is 5.92. The number of hydrogen-bond donors (Lipinski definition) is 1. The predicted octanol–water partition coefficient (Wildman–Crippen LogP) is 2.12.